The fourth-order valence-corrected chi connectivity index (χ4v) is 2.84. The maximum absolute atomic E-state index is 11.9. The Morgan fingerprint density at radius 2 is 1.83 bits per heavy atom. The molecule has 2 rings (SSSR count). The highest BCUT2D eigenvalue weighted by Gasteiger charge is 2.31. The molecule has 2 N–H and O–H groups in total. The van der Waals surface area contributed by atoms with Crippen LogP contribution in [0, 0.1) is 0 Å². The summed E-state index contributed by atoms with van der Waals surface area (Å²) in [6.45, 7) is 6.15. The van der Waals surface area contributed by atoms with Crippen molar-refractivity contribution in [1.29, 1.82) is 0 Å². The van der Waals surface area contributed by atoms with E-state index in [-0.39, 0.29) is 36.8 Å². The summed E-state index contributed by atoms with van der Waals surface area (Å²) < 4.78 is 0. The molecule has 2 atom stereocenters. The summed E-state index contributed by atoms with van der Waals surface area (Å²) in [5.74, 6) is 0.127. The zero-order valence-corrected chi connectivity index (χ0v) is 12.6. The van der Waals surface area contributed by atoms with Crippen molar-refractivity contribution in [3.05, 3.63) is 0 Å². The van der Waals surface area contributed by atoms with Gasteiger partial charge in [0.25, 0.3) is 0 Å². The quantitative estimate of drug-likeness (QED) is 0.853. The summed E-state index contributed by atoms with van der Waals surface area (Å²) in [5.41, 5.74) is 5.68. The van der Waals surface area contributed by atoms with Crippen molar-refractivity contribution in [1.82, 2.24) is 9.80 Å². The van der Waals surface area contributed by atoms with Crippen molar-refractivity contribution < 1.29 is 4.79 Å². The van der Waals surface area contributed by atoms with Gasteiger partial charge in [0.1, 0.15) is 0 Å². The largest absolute Gasteiger partial charge is 0.337 e. The number of halogens is 2. The van der Waals surface area contributed by atoms with E-state index in [4.69, 9.17) is 5.73 Å². The lowest BCUT2D eigenvalue weighted by Gasteiger charge is -2.29. The minimum Gasteiger partial charge on any atom is -0.337 e. The van der Waals surface area contributed by atoms with Gasteiger partial charge in [-0.3, -0.25) is 4.79 Å². The Morgan fingerprint density at radius 1 is 1.22 bits per heavy atom. The minimum absolute atomic E-state index is 0. The number of hydrogen-bond acceptors (Lipinski definition) is 3. The van der Waals surface area contributed by atoms with Gasteiger partial charge in [-0.2, -0.15) is 0 Å². The van der Waals surface area contributed by atoms with E-state index in [2.05, 4.69) is 4.90 Å². The third-order valence-corrected chi connectivity index (χ3v) is 3.72. The lowest BCUT2D eigenvalue weighted by molar-refractivity contribution is -0.133. The molecule has 2 aliphatic heterocycles. The van der Waals surface area contributed by atoms with Gasteiger partial charge in [-0.15, -0.1) is 24.8 Å². The normalized spacial score (nSPS) is 25.4. The maximum Gasteiger partial charge on any atom is 0.239 e. The summed E-state index contributed by atoms with van der Waals surface area (Å²) >= 11 is 0. The van der Waals surface area contributed by atoms with Crippen LogP contribution in [0.15, 0.2) is 0 Å². The summed E-state index contributed by atoms with van der Waals surface area (Å²) in [5, 5.41) is 0. The molecule has 1 amide bonds. The molecule has 2 heterocycles. The molecule has 108 valence electrons. The Kier molecular flexibility index (Phi) is 8.19. The monoisotopic (exact) mass is 297 g/mol. The number of carbonyl (C=O) groups is 1. The average Bonchev–Trinajstić information content (AvgIpc) is 2.88. The third kappa shape index (κ3) is 4.26. The molecule has 0 aliphatic carbocycles. The van der Waals surface area contributed by atoms with E-state index in [9.17, 15) is 4.79 Å². The van der Waals surface area contributed by atoms with Gasteiger partial charge < -0.3 is 15.5 Å². The number of rotatable bonds is 3. The molecule has 18 heavy (non-hydrogen) atoms. The second kappa shape index (κ2) is 8.20. The molecule has 2 fully saturated rings. The van der Waals surface area contributed by atoms with E-state index in [1.807, 2.05) is 4.90 Å². The first kappa shape index (κ1) is 18.0. The van der Waals surface area contributed by atoms with Crippen molar-refractivity contribution >= 4 is 30.7 Å². The fourth-order valence-electron chi connectivity index (χ4n) is 2.84. The van der Waals surface area contributed by atoms with Crippen LogP contribution in [0.25, 0.3) is 0 Å². The number of nitrogens with zero attached hydrogens (tertiary/aromatic N) is 2. The summed E-state index contributed by atoms with van der Waals surface area (Å²) in [4.78, 5) is 16.4. The van der Waals surface area contributed by atoms with Crippen LogP contribution in [0.1, 0.15) is 32.6 Å². The molecular formula is C12H25Cl2N3O. The molecule has 0 saturated carbocycles. The van der Waals surface area contributed by atoms with Crippen LogP contribution in [0.2, 0.25) is 0 Å². The highest BCUT2D eigenvalue weighted by Crippen LogP contribution is 2.20. The van der Waals surface area contributed by atoms with Gasteiger partial charge in [-0.05, 0) is 45.7 Å². The van der Waals surface area contributed by atoms with Crippen LogP contribution in [-0.4, -0.2) is 54.0 Å². The lowest BCUT2D eigenvalue weighted by Crippen LogP contribution is -2.48. The average molecular weight is 298 g/mol. The molecule has 0 aromatic heterocycles. The molecule has 6 heteroatoms. The molecule has 4 nitrogen and oxygen atoms in total. The van der Waals surface area contributed by atoms with Crippen LogP contribution >= 0.6 is 24.8 Å². The topological polar surface area (TPSA) is 49.6 Å². The molecule has 0 aromatic carbocycles. The maximum atomic E-state index is 11.9. The molecule has 2 unspecified atom stereocenters. The van der Waals surface area contributed by atoms with Crippen LogP contribution in [-0.2, 0) is 4.79 Å². The smallest absolute Gasteiger partial charge is 0.239 e. The Morgan fingerprint density at radius 3 is 2.39 bits per heavy atom. The zero-order valence-electron chi connectivity index (χ0n) is 11.0. The molecule has 2 aliphatic rings. The van der Waals surface area contributed by atoms with Gasteiger partial charge in [0, 0.05) is 19.1 Å². The van der Waals surface area contributed by atoms with Gasteiger partial charge in [0.15, 0.2) is 0 Å². The Hall–Kier alpha value is -0.0300. The predicted octanol–water partition coefficient (Wildman–Crippen LogP) is 1.26. The van der Waals surface area contributed by atoms with Crippen LogP contribution < -0.4 is 5.73 Å². The number of amides is 1. The molecule has 0 spiro atoms. The van der Waals surface area contributed by atoms with Gasteiger partial charge in [0.05, 0.1) is 6.04 Å². The van der Waals surface area contributed by atoms with E-state index in [0.29, 0.717) is 6.04 Å². The molecule has 0 bridgehead atoms. The summed E-state index contributed by atoms with van der Waals surface area (Å²) in [6.07, 6.45) is 4.91. The Bertz CT molecular complexity index is 258. The summed E-state index contributed by atoms with van der Waals surface area (Å²) in [6, 6.07) is 0.0655. The van der Waals surface area contributed by atoms with Gasteiger partial charge in [0.2, 0.25) is 5.91 Å². The molecule has 0 radical (unpaired) electrons. The second-order valence-corrected chi connectivity index (χ2v) is 5.12. The molecular weight excluding hydrogens is 273 g/mol. The van der Waals surface area contributed by atoms with Crippen molar-refractivity contribution in [2.45, 2.75) is 44.7 Å². The standard InChI is InChI=1S/C12H23N3O.2ClH/c1-10(13)12(16)15-8-4-5-11(15)9-14-6-2-3-7-14;;/h10-11H,2-9,13H2,1H3;2*1H. The zero-order chi connectivity index (χ0) is 11.5. The van der Waals surface area contributed by atoms with E-state index in [1.54, 1.807) is 6.92 Å². The van der Waals surface area contributed by atoms with Crippen molar-refractivity contribution in [3.63, 3.8) is 0 Å². The van der Waals surface area contributed by atoms with E-state index in [0.717, 1.165) is 25.9 Å². The molecule has 2 saturated heterocycles. The van der Waals surface area contributed by atoms with Crippen molar-refractivity contribution in [2.75, 3.05) is 26.2 Å². The van der Waals surface area contributed by atoms with Gasteiger partial charge >= 0.3 is 0 Å². The van der Waals surface area contributed by atoms with Crippen molar-refractivity contribution in [3.8, 4) is 0 Å². The van der Waals surface area contributed by atoms with E-state index in [1.165, 1.54) is 25.9 Å². The highest BCUT2D eigenvalue weighted by atomic mass is 35.5. The third-order valence-electron chi connectivity index (χ3n) is 3.72. The molecule has 0 aromatic rings. The van der Waals surface area contributed by atoms with E-state index >= 15 is 0 Å². The number of carbonyl (C=O) groups excluding carboxylic acids is 1. The fraction of sp³-hybridized carbons (Fsp3) is 0.917. The number of nitrogens with two attached hydrogens (primary N) is 1. The lowest BCUT2D eigenvalue weighted by atomic mass is 10.2. The van der Waals surface area contributed by atoms with Crippen LogP contribution in [0.3, 0.4) is 0 Å². The number of likely N-dealkylation sites (tertiary alicyclic amines) is 2. The first-order chi connectivity index (χ1) is 7.68. The number of hydrogen-bond donors (Lipinski definition) is 1. The first-order valence-corrected chi connectivity index (χ1v) is 6.47. The Balaban J connectivity index is 0.00000144. The van der Waals surface area contributed by atoms with Gasteiger partial charge in [-0.25, -0.2) is 0 Å². The predicted molar refractivity (Wildman–Crippen MR) is 78.6 cm³/mol. The Labute approximate surface area is 122 Å². The van der Waals surface area contributed by atoms with Gasteiger partial charge in [-0.1, -0.05) is 0 Å². The van der Waals surface area contributed by atoms with Crippen molar-refractivity contribution in [2.24, 2.45) is 5.73 Å². The highest BCUT2D eigenvalue weighted by molar-refractivity contribution is 5.85. The van der Waals surface area contributed by atoms with Crippen LogP contribution in [0.4, 0.5) is 0 Å². The first-order valence-electron chi connectivity index (χ1n) is 6.47. The van der Waals surface area contributed by atoms with Crippen LogP contribution in [0.5, 0.6) is 0 Å². The second-order valence-electron chi connectivity index (χ2n) is 5.12. The minimum atomic E-state index is -0.348. The summed E-state index contributed by atoms with van der Waals surface area (Å²) in [7, 11) is 0. The van der Waals surface area contributed by atoms with E-state index < -0.39 is 0 Å². The SMILES string of the molecule is CC(N)C(=O)N1CCCC1CN1CCCC1.Cl.Cl.